The molecule has 1 aliphatic rings. The standard InChI is InChI=1S/C18H24BrN3O2/c1-12-16-14(15(19)11-20-12)7-10-22(16)13-5-8-21(9-6-13)17(23)24-18(2,3)4/h7,10-11,13H,5-6,8-9H2,1-4H3. The van der Waals surface area contributed by atoms with Crippen molar-refractivity contribution in [2.24, 2.45) is 0 Å². The van der Waals surface area contributed by atoms with Crippen molar-refractivity contribution in [1.82, 2.24) is 14.5 Å². The Bertz CT molecular complexity index is 755. The number of aromatic nitrogens is 2. The quantitative estimate of drug-likeness (QED) is 0.706. The Morgan fingerprint density at radius 1 is 1.33 bits per heavy atom. The SMILES string of the molecule is Cc1ncc(Br)c2ccn(C3CCN(C(=O)OC(C)(C)C)CC3)c12. The summed E-state index contributed by atoms with van der Waals surface area (Å²) in [6.45, 7) is 9.19. The van der Waals surface area contributed by atoms with Gasteiger partial charge in [-0.25, -0.2) is 4.79 Å². The van der Waals surface area contributed by atoms with Gasteiger partial charge in [0, 0.05) is 41.4 Å². The Morgan fingerprint density at radius 2 is 2.00 bits per heavy atom. The summed E-state index contributed by atoms with van der Waals surface area (Å²) in [6.07, 6.45) is 5.63. The van der Waals surface area contributed by atoms with Gasteiger partial charge in [-0.1, -0.05) is 0 Å². The van der Waals surface area contributed by atoms with E-state index in [9.17, 15) is 4.79 Å². The fourth-order valence-corrected chi connectivity index (χ4v) is 3.69. The third-order valence-corrected chi connectivity index (χ3v) is 5.03. The number of nitrogens with zero attached hydrogens (tertiary/aromatic N) is 3. The Kier molecular flexibility index (Phi) is 4.60. The van der Waals surface area contributed by atoms with Crippen molar-refractivity contribution in [3.8, 4) is 0 Å². The second-order valence-corrected chi connectivity index (χ2v) is 8.23. The van der Waals surface area contributed by atoms with Gasteiger partial charge in [0.2, 0.25) is 0 Å². The number of likely N-dealkylation sites (tertiary alicyclic amines) is 1. The molecule has 6 heteroatoms. The summed E-state index contributed by atoms with van der Waals surface area (Å²) in [6, 6.07) is 2.52. The van der Waals surface area contributed by atoms with Crippen LogP contribution in [-0.2, 0) is 4.74 Å². The molecular weight excluding hydrogens is 370 g/mol. The molecule has 24 heavy (non-hydrogen) atoms. The van der Waals surface area contributed by atoms with Crippen molar-refractivity contribution in [1.29, 1.82) is 0 Å². The first kappa shape index (κ1) is 17.3. The van der Waals surface area contributed by atoms with Crippen LogP contribution in [0, 0.1) is 6.92 Å². The molecule has 0 aromatic carbocycles. The van der Waals surface area contributed by atoms with Crippen molar-refractivity contribution in [3.05, 3.63) is 28.6 Å². The fourth-order valence-electron chi connectivity index (χ4n) is 3.26. The smallest absolute Gasteiger partial charge is 0.410 e. The third-order valence-electron chi connectivity index (χ3n) is 4.40. The van der Waals surface area contributed by atoms with E-state index in [-0.39, 0.29) is 6.09 Å². The molecule has 2 aromatic heterocycles. The number of hydrogen-bond donors (Lipinski definition) is 0. The van der Waals surface area contributed by atoms with Crippen LogP contribution >= 0.6 is 15.9 Å². The maximum Gasteiger partial charge on any atom is 0.410 e. The van der Waals surface area contributed by atoms with E-state index in [2.05, 4.69) is 37.7 Å². The fraction of sp³-hybridized carbons (Fsp3) is 0.556. The topological polar surface area (TPSA) is 47.4 Å². The predicted molar refractivity (Wildman–Crippen MR) is 98.2 cm³/mol. The summed E-state index contributed by atoms with van der Waals surface area (Å²) in [7, 11) is 0. The van der Waals surface area contributed by atoms with E-state index in [0.29, 0.717) is 6.04 Å². The Hall–Kier alpha value is -1.56. The van der Waals surface area contributed by atoms with Gasteiger partial charge in [-0.15, -0.1) is 0 Å². The number of carbonyl (C=O) groups excluding carboxylic acids is 1. The van der Waals surface area contributed by atoms with E-state index in [4.69, 9.17) is 4.74 Å². The zero-order valence-electron chi connectivity index (χ0n) is 14.7. The molecule has 0 atom stereocenters. The minimum Gasteiger partial charge on any atom is -0.444 e. The zero-order chi connectivity index (χ0) is 17.5. The van der Waals surface area contributed by atoms with Crippen LogP contribution in [0.1, 0.15) is 45.3 Å². The van der Waals surface area contributed by atoms with Crippen LogP contribution in [0.2, 0.25) is 0 Å². The van der Waals surface area contributed by atoms with E-state index in [1.165, 1.54) is 10.9 Å². The average molecular weight is 394 g/mol. The summed E-state index contributed by atoms with van der Waals surface area (Å²) in [4.78, 5) is 18.5. The van der Waals surface area contributed by atoms with Gasteiger partial charge in [0.25, 0.3) is 0 Å². The summed E-state index contributed by atoms with van der Waals surface area (Å²) in [5.74, 6) is 0. The summed E-state index contributed by atoms with van der Waals surface area (Å²) in [5, 5.41) is 1.19. The van der Waals surface area contributed by atoms with Gasteiger partial charge >= 0.3 is 6.09 Å². The highest BCUT2D eigenvalue weighted by Gasteiger charge is 2.28. The van der Waals surface area contributed by atoms with Gasteiger partial charge in [-0.2, -0.15) is 0 Å². The molecule has 5 nitrogen and oxygen atoms in total. The first-order chi connectivity index (χ1) is 11.3. The van der Waals surface area contributed by atoms with Crippen LogP contribution in [0.25, 0.3) is 10.9 Å². The zero-order valence-corrected chi connectivity index (χ0v) is 16.3. The van der Waals surface area contributed by atoms with Crippen LogP contribution in [0.5, 0.6) is 0 Å². The normalized spacial score (nSPS) is 16.6. The van der Waals surface area contributed by atoms with Crippen LogP contribution in [-0.4, -0.2) is 39.2 Å². The number of halogens is 1. The van der Waals surface area contributed by atoms with Crippen molar-refractivity contribution < 1.29 is 9.53 Å². The number of carbonyl (C=O) groups is 1. The maximum absolute atomic E-state index is 12.2. The number of hydrogen-bond acceptors (Lipinski definition) is 3. The molecule has 0 aliphatic carbocycles. The lowest BCUT2D eigenvalue weighted by atomic mass is 10.0. The second kappa shape index (κ2) is 6.39. The molecule has 0 bridgehead atoms. The molecule has 130 valence electrons. The van der Waals surface area contributed by atoms with Crippen molar-refractivity contribution in [2.45, 2.75) is 52.2 Å². The highest BCUT2D eigenvalue weighted by Crippen LogP contribution is 2.32. The molecule has 1 fully saturated rings. The number of pyridine rings is 1. The molecule has 3 rings (SSSR count). The molecule has 0 saturated carbocycles. The monoisotopic (exact) mass is 393 g/mol. The molecule has 1 aliphatic heterocycles. The first-order valence-corrected chi connectivity index (χ1v) is 9.15. The number of piperidine rings is 1. The molecule has 1 saturated heterocycles. The molecule has 3 heterocycles. The second-order valence-electron chi connectivity index (χ2n) is 7.38. The molecule has 2 aromatic rings. The van der Waals surface area contributed by atoms with E-state index in [1.54, 1.807) is 0 Å². The molecule has 0 radical (unpaired) electrons. The van der Waals surface area contributed by atoms with Crippen molar-refractivity contribution >= 4 is 32.9 Å². The van der Waals surface area contributed by atoms with Crippen LogP contribution < -0.4 is 0 Å². The van der Waals surface area contributed by atoms with E-state index in [0.717, 1.165) is 36.1 Å². The minimum atomic E-state index is -0.445. The lowest BCUT2D eigenvalue weighted by Crippen LogP contribution is -2.42. The number of aryl methyl sites for hydroxylation is 1. The maximum atomic E-state index is 12.2. The summed E-state index contributed by atoms with van der Waals surface area (Å²) >= 11 is 3.58. The van der Waals surface area contributed by atoms with Crippen molar-refractivity contribution in [3.63, 3.8) is 0 Å². The molecular formula is C18H24BrN3O2. The highest BCUT2D eigenvalue weighted by atomic mass is 79.9. The summed E-state index contributed by atoms with van der Waals surface area (Å²) in [5.41, 5.74) is 1.77. The first-order valence-electron chi connectivity index (χ1n) is 8.36. The van der Waals surface area contributed by atoms with Crippen LogP contribution in [0.4, 0.5) is 4.79 Å². The van der Waals surface area contributed by atoms with Gasteiger partial charge in [-0.3, -0.25) is 4.98 Å². The number of rotatable bonds is 1. The van der Waals surface area contributed by atoms with Crippen LogP contribution in [0.3, 0.4) is 0 Å². The average Bonchev–Trinajstić information content (AvgIpc) is 2.96. The van der Waals surface area contributed by atoms with E-state index < -0.39 is 5.60 Å². The van der Waals surface area contributed by atoms with Gasteiger partial charge in [0.15, 0.2) is 0 Å². The molecule has 0 spiro atoms. The predicted octanol–water partition coefficient (Wildman–Crippen LogP) is 4.68. The lowest BCUT2D eigenvalue weighted by molar-refractivity contribution is 0.0189. The lowest BCUT2D eigenvalue weighted by Gasteiger charge is -2.34. The molecule has 0 unspecified atom stereocenters. The van der Waals surface area contributed by atoms with Gasteiger partial charge in [0.1, 0.15) is 5.60 Å². The van der Waals surface area contributed by atoms with E-state index in [1.807, 2.05) is 38.8 Å². The van der Waals surface area contributed by atoms with Crippen LogP contribution in [0.15, 0.2) is 22.9 Å². The molecule has 0 N–H and O–H groups in total. The Balaban J connectivity index is 1.74. The van der Waals surface area contributed by atoms with Crippen molar-refractivity contribution in [2.75, 3.05) is 13.1 Å². The Labute approximate surface area is 151 Å². The largest absolute Gasteiger partial charge is 0.444 e. The number of amides is 1. The van der Waals surface area contributed by atoms with Gasteiger partial charge < -0.3 is 14.2 Å². The molecule has 1 amide bonds. The highest BCUT2D eigenvalue weighted by molar-refractivity contribution is 9.10. The Morgan fingerprint density at radius 3 is 2.62 bits per heavy atom. The van der Waals surface area contributed by atoms with E-state index >= 15 is 0 Å². The van der Waals surface area contributed by atoms with Gasteiger partial charge in [0.05, 0.1) is 11.2 Å². The number of ether oxygens (including phenoxy) is 1. The number of fused-ring (bicyclic) bond motifs is 1. The third kappa shape index (κ3) is 3.43. The summed E-state index contributed by atoms with van der Waals surface area (Å²) < 4.78 is 8.81. The van der Waals surface area contributed by atoms with Gasteiger partial charge in [-0.05, 0) is 62.5 Å². The minimum absolute atomic E-state index is 0.209.